The van der Waals surface area contributed by atoms with E-state index in [1.54, 1.807) is 23.5 Å². The van der Waals surface area contributed by atoms with Crippen molar-refractivity contribution >= 4 is 29.2 Å². The molecular formula is C35H37NO5S. The van der Waals surface area contributed by atoms with Gasteiger partial charge in [0.05, 0.1) is 31.1 Å². The number of allylic oxidation sites excluding steroid dienone is 1. The molecule has 2 amide bonds. The number of rotatable bonds is 11. The number of amides is 2. The van der Waals surface area contributed by atoms with Gasteiger partial charge < -0.3 is 14.6 Å². The van der Waals surface area contributed by atoms with Gasteiger partial charge in [-0.05, 0) is 78.1 Å². The Morgan fingerprint density at radius 3 is 2.67 bits per heavy atom. The van der Waals surface area contributed by atoms with Gasteiger partial charge >= 0.3 is 0 Å². The molecule has 3 heterocycles. The Balaban J connectivity index is 1.26. The van der Waals surface area contributed by atoms with Gasteiger partial charge in [-0.1, -0.05) is 61.4 Å². The largest absolute Gasteiger partial charge is 0.508 e. The summed E-state index contributed by atoms with van der Waals surface area (Å²) in [5.74, 6) is 0.0429. The zero-order chi connectivity index (χ0) is 29.1. The van der Waals surface area contributed by atoms with E-state index in [-0.39, 0.29) is 41.4 Å². The number of aromatic hydroxyl groups is 1. The molecule has 7 heteroatoms. The van der Waals surface area contributed by atoms with Crippen molar-refractivity contribution in [2.45, 2.75) is 51.7 Å². The van der Waals surface area contributed by atoms with Crippen LogP contribution in [0.1, 0.15) is 49.5 Å². The van der Waals surface area contributed by atoms with Crippen LogP contribution in [-0.4, -0.2) is 41.1 Å². The average molecular weight is 584 g/mol. The second-order valence-electron chi connectivity index (χ2n) is 11.5. The molecule has 2 aromatic carbocycles. The summed E-state index contributed by atoms with van der Waals surface area (Å²) in [4.78, 5) is 29.9. The van der Waals surface area contributed by atoms with Gasteiger partial charge in [-0.15, -0.1) is 11.3 Å². The molecule has 0 bridgehead atoms. The molecule has 42 heavy (non-hydrogen) atoms. The van der Waals surface area contributed by atoms with E-state index in [0.717, 1.165) is 47.4 Å². The number of ether oxygens (including phenoxy) is 2. The molecule has 2 aliphatic heterocycles. The molecule has 2 fully saturated rings. The minimum absolute atomic E-state index is 0.0661. The summed E-state index contributed by atoms with van der Waals surface area (Å²) < 4.78 is 12.7. The molecule has 2 saturated heterocycles. The fourth-order valence-electron chi connectivity index (χ4n) is 6.83. The number of para-hydroxylation sites is 1. The van der Waals surface area contributed by atoms with Gasteiger partial charge in [0, 0.05) is 10.8 Å². The van der Waals surface area contributed by atoms with Crippen LogP contribution in [0.4, 0.5) is 0 Å². The van der Waals surface area contributed by atoms with Crippen molar-refractivity contribution in [2.24, 2.45) is 17.8 Å². The zero-order valence-corrected chi connectivity index (χ0v) is 24.7. The summed E-state index contributed by atoms with van der Waals surface area (Å²) in [6, 6.07) is 21.0. The number of fused-ring (bicyclic) bond motifs is 3. The maximum Gasteiger partial charge on any atom is 0.234 e. The summed E-state index contributed by atoms with van der Waals surface area (Å²) in [5, 5.41) is 11.9. The van der Waals surface area contributed by atoms with Crippen molar-refractivity contribution < 1.29 is 24.2 Å². The van der Waals surface area contributed by atoms with E-state index in [0.29, 0.717) is 26.2 Å². The number of hydrogen-bond acceptors (Lipinski definition) is 6. The van der Waals surface area contributed by atoms with Crippen molar-refractivity contribution in [1.82, 2.24) is 4.90 Å². The topological polar surface area (TPSA) is 76.1 Å². The molecule has 1 N–H and O–H groups in total. The molecule has 4 atom stereocenters. The standard InChI is InChI=1S/C35H37NO5S/c1-2-8-23(17-24-9-6-10-26(37)18-24)14-15-31-32-25(21-40-27-11-4-3-5-12-27)19-29-33(30(32)22-41-31)35(39)36(34(29)38)20-28-13-7-16-42-28/h3-7,9-13,16-18,29-31,33,37H,2,8,14-15,19-22H2,1H3/b23-17+/t29-,30+,31-,33-/m1/s1. The first-order chi connectivity index (χ1) is 20.5. The van der Waals surface area contributed by atoms with Crippen molar-refractivity contribution in [3.05, 3.63) is 99.3 Å². The Hall–Kier alpha value is -3.68. The maximum absolute atomic E-state index is 13.8. The van der Waals surface area contributed by atoms with Crippen molar-refractivity contribution in [2.75, 3.05) is 13.2 Å². The second kappa shape index (κ2) is 12.7. The lowest BCUT2D eigenvalue weighted by molar-refractivity contribution is -0.140. The molecule has 3 aliphatic rings. The number of hydrogen-bond donors (Lipinski definition) is 1. The first kappa shape index (κ1) is 28.4. The van der Waals surface area contributed by atoms with Gasteiger partial charge in [0.1, 0.15) is 18.1 Å². The highest BCUT2D eigenvalue weighted by molar-refractivity contribution is 7.09. The molecule has 0 saturated carbocycles. The minimum Gasteiger partial charge on any atom is -0.508 e. The van der Waals surface area contributed by atoms with E-state index >= 15 is 0 Å². The number of thiophene rings is 1. The third kappa shape index (κ3) is 5.94. The molecule has 0 radical (unpaired) electrons. The molecular weight excluding hydrogens is 546 g/mol. The van der Waals surface area contributed by atoms with E-state index in [4.69, 9.17) is 9.47 Å². The van der Waals surface area contributed by atoms with Crippen LogP contribution >= 0.6 is 11.3 Å². The lowest BCUT2D eigenvalue weighted by Gasteiger charge is -2.32. The lowest BCUT2D eigenvalue weighted by atomic mass is 9.69. The predicted molar refractivity (Wildman–Crippen MR) is 164 cm³/mol. The highest BCUT2D eigenvalue weighted by atomic mass is 32.1. The summed E-state index contributed by atoms with van der Waals surface area (Å²) >= 11 is 1.57. The van der Waals surface area contributed by atoms with E-state index in [9.17, 15) is 14.7 Å². The van der Waals surface area contributed by atoms with Crippen LogP contribution in [0.3, 0.4) is 0 Å². The molecule has 0 unspecified atom stereocenters. The highest BCUT2D eigenvalue weighted by Crippen LogP contribution is 2.50. The lowest BCUT2D eigenvalue weighted by Crippen LogP contribution is -2.35. The molecule has 218 valence electrons. The van der Waals surface area contributed by atoms with Crippen LogP contribution in [0.25, 0.3) is 6.08 Å². The Labute approximate surface area is 251 Å². The van der Waals surface area contributed by atoms with E-state index in [1.807, 2.05) is 60.0 Å². The third-order valence-electron chi connectivity index (χ3n) is 8.69. The van der Waals surface area contributed by atoms with Crippen LogP contribution in [0, 0.1) is 17.8 Å². The summed E-state index contributed by atoms with van der Waals surface area (Å²) in [6.45, 7) is 3.34. The van der Waals surface area contributed by atoms with E-state index < -0.39 is 0 Å². The molecule has 1 aromatic heterocycles. The molecule has 3 aromatic rings. The van der Waals surface area contributed by atoms with Crippen LogP contribution in [0.5, 0.6) is 11.5 Å². The van der Waals surface area contributed by atoms with Crippen LogP contribution in [0.2, 0.25) is 0 Å². The van der Waals surface area contributed by atoms with Crippen molar-refractivity contribution in [3.8, 4) is 11.5 Å². The quantitative estimate of drug-likeness (QED) is 0.194. The number of carbonyl (C=O) groups excluding carboxylic acids is 2. The minimum atomic E-state index is -0.379. The summed E-state index contributed by atoms with van der Waals surface area (Å²) in [5.41, 5.74) is 4.56. The highest BCUT2D eigenvalue weighted by Gasteiger charge is 2.57. The van der Waals surface area contributed by atoms with Gasteiger partial charge in [0.2, 0.25) is 11.8 Å². The monoisotopic (exact) mass is 583 g/mol. The van der Waals surface area contributed by atoms with Gasteiger partial charge in [-0.3, -0.25) is 14.5 Å². The molecule has 6 rings (SSSR count). The number of carbonyl (C=O) groups is 2. The number of likely N-dealkylation sites (tertiary alicyclic amines) is 1. The fourth-order valence-corrected chi connectivity index (χ4v) is 7.52. The molecule has 1 aliphatic carbocycles. The number of phenolic OH excluding ortho intramolecular Hbond substituents is 1. The van der Waals surface area contributed by atoms with Gasteiger partial charge in [-0.25, -0.2) is 0 Å². The maximum atomic E-state index is 13.8. The number of benzene rings is 2. The van der Waals surface area contributed by atoms with Crippen LogP contribution in [0.15, 0.2) is 88.8 Å². The Bertz CT molecular complexity index is 1480. The van der Waals surface area contributed by atoms with Gasteiger partial charge in [-0.2, -0.15) is 0 Å². The zero-order valence-electron chi connectivity index (χ0n) is 23.9. The van der Waals surface area contributed by atoms with E-state index in [2.05, 4.69) is 13.0 Å². The van der Waals surface area contributed by atoms with E-state index in [1.165, 1.54) is 16.0 Å². The van der Waals surface area contributed by atoms with Gasteiger partial charge in [0.15, 0.2) is 0 Å². The van der Waals surface area contributed by atoms with Crippen LogP contribution < -0.4 is 4.74 Å². The molecule has 6 nitrogen and oxygen atoms in total. The number of imide groups is 1. The Morgan fingerprint density at radius 1 is 1.05 bits per heavy atom. The normalized spacial score (nSPS) is 23.8. The van der Waals surface area contributed by atoms with Crippen molar-refractivity contribution in [1.29, 1.82) is 0 Å². The summed E-state index contributed by atoms with van der Waals surface area (Å²) in [6.07, 6.45) is 6.20. The Kier molecular flexibility index (Phi) is 8.58. The first-order valence-electron chi connectivity index (χ1n) is 14.9. The molecule has 0 spiro atoms. The van der Waals surface area contributed by atoms with Gasteiger partial charge in [0.25, 0.3) is 0 Å². The number of phenols is 1. The van der Waals surface area contributed by atoms with Crippen molar-refractivity contribution in [3.63, 3.8) is 0 Å². The third-order valence-corrected chi connectivity index (χ3v) is 9.55. The van der Waals surface area contributed by atoms with Crippen LogP contribution in [-0.2, 0) is 20.9 Å². The number of nitrogens with zero attached hydrogens (tertiary/aromatic N) is 1. The Morgan fingerprint density at radius 2 is 1.90 bits per heavy atom. The average Bonchev–Trinajstić information content (AvgIpc) is 3.72. The second-order valence-corrected chi connectivity index (χ2v) is 12.5. The fraction of sp³-hybridized carbons (Fsp3) is 0.371. The summed E-state index contributed by atoms with van der Waals surface area (Å²) in [7, 11) is 0. The SMILES string of the molecule is CCC/C(=C\c1cccc(O)c1)CC[C@H]1OC[C@H]2C1=C(COc1ccccc1)C[C@H]1C(=O)N(Cc3cccs3)C(=O)[C@H]12. The first-order valence-corrected chi connectivity index (χ1v) is 15.8. The predicted octanol–water partition coefficient (Wildman–Crippen LogP) is 7.01. The smallest absolute Gasteiger partial charge is 0.234 e.